The predicted molar refractivity (Wildman–Crippen MR) is 71.8 cm³/mol. The molecule has 0 aliphatic carbocycles. The number of nitro benzene ring substituents is 1. The second kappa shape index (κ2) is 4.94. The van der Waals surface area contributed by atoms with E-state index in [1.54, 1.807) is 12.1 Å². The lowest BCUT2D eigenvalue weighted by molar-refractivity contribution is -0.385. The molecule has 2 rings (SSSR count). The van der Waals surface area contributed by atoms with E-state index in [4.69, 9.17) is 5.73 Å². The van der Waals surface area contributed by atoms with Gasteiger partial charge in [-0.3, -0.25) is 10.1 Å². The quantitative estimate of drug-likeness (QED) is 0.643. The fourth-order valence-corrected chi connectivity index (χ4v) is 2.53. The van der Waals surface area contributed by atoms with Crippen molar-refractivity contribution in [3.8, 4) is 0 Å². The van der Waals surface area contributed by atoms with Gasteiger partial charge in [0.05, 0.1) is 10.5 Å². The summed E-state index contributed by atoms with van der Waals surface area (Å²) in [5, 5.41) is 10.9. The summed E-state index contributed by atoms with van der Waals surface area (Å²) in [4.78, 5) is 12.8. The molecular formula is C13H19N3O2. The molecule has 1 aromatic rings. The minimum absolute atomic E-state index is 0.190. The molecule has 1 heterocycles. The van der Waals surface area contributed by atoms with E-state index < -0.39 is 0 Å². The van der Waals surface area contributed by atoms with Crippen molar-refractivity contribution < 1.29 is 4.92 Å². The molecule has 0 amide bonds. The summed E-state index contributed by atoms with van der Waals surface area (Å²) in [6, 6.07) is 5.49. The van der Waals surface area contributed by atoms with Gasteiger partial charge in [0.1, 0.15) is 0 Å². The molecule has 1 aliphatic heterocycles. The van der Waals surface area contributed by atoms with Crippen molar-refractivity contribution in [3.05, 3.63) is 33.9 Å². The molecule has 1 saturated heterocycles. The van der Waals surface area contributed by atoms with Crippen LogP contribution >= 0.6 is 0 Å². The Kier molecular flexibility index (Phi) is 3.52. The fraction of sp³-hybridized carbons (Fsp3) is 0.538. The van der Waals surface area contributed by atoms with Crippen LogP contribution in [0.4, 0.5) is 11.4 Å². The van der Waals surface area contributed by atoms with Gasteiger partial charge in [-0.05, 0) is 25.3 Å². The van der Waals surface area contributed by atoms with Gasteiger partial charge in [0, 0.05) is 30.9 Å². The third kappa shape index (κ3) is 2.31. The first-order valence-corrected chi connectivity index (χ1v) is 6.25. The van der Waals surface area contributed by atoms with Gasteiger partial charge in [-0.2, -0.15) is 0 Å². The Bertz CT molecular complexity index is 462. The first-order valence-electron chi connectivity index (χ1n) is 6.25. The first kappa shape index (κ1) is 12.8. The highest BCUT2D eigenvalue weighted by Gasteiger charge is 2.25. The average Bonchev–Trinajstić information content (AvgIpc) is 2.33. The smallest absolute Gasteiger partial charge is 0.274 e. The Morgan fingerprint density at radius 3 is 2.83 bits per heavy atom. The minimum atomic E-state index is -0.321. The highest BCUT2D eigenvalue weighted by atomic mass is 16.6. The number of nitro groups is 1. The molecule has 0 bridgehead atoms. The first-order chi connectivity index (χ1) is 8.50. The second-order valence-corrected chi connectivity index (χ2v) is 5.05. The topological polar surface area (TPSA) is 72.4 Å². The lowest BCUT2D eigenvalue weighted by Crippen LogP contribution is -2.46. The highest BCUT2D eigenvalue weighted by Crippen LogP contribution is 2.30. The summed E-state index contributed by atoms with van der Waals surface area (Å²) in [6.07, 6.45) is 0.934. The van der Waals surface area contributed by atoms with Crippen molar-refractivity contribution in [1.82, 2.24) is 0 Å². The summed E-state index contributed by atoms with van der Waals surface area (Å²) in [7, 11) is 0. The van der Waals surface area contributed by atoms with E-state index in [9.17, 15) is 10.1 Å². The highest BCUT2D eigenvalue weighted by molar-refractivity contribution is 5.61. The molecular weight excluding hydrogens is 230 g/mol. The van der Waals surface area contributed by atoms with Crippen LogP contribution in [0.2, 0.25) is 0 Å². The van der Waals surface area contributed by atoms with Gasteiger partial charge in [-0.25, -0.2) is 0 Å². The van der Waals surface area contributed by atoms with Crippen molar-refractivity contribution in [3.63, 3.8) is 0 Å². The van der Waals surface area contributed by atoms with Gasteiger partial charge < -0.3 is 10.6 Å². The van der Waals surface area contributed by atoms with Crippen LogP contribution in [0, 0.1) is 23.0 Å². The van der Waals surface area contributed by atoms with Gasteiger partial charge >= 0.3 is 0 Å². The van der Waals surface area contributed by atoms with Crippen LogP contribution in [0.5, 0.6) is 0 Å². The van der Waals surface area contributed by atoms with Crippen LogP contribution < -0.4 is 10.6 Å². The molecule has 0 spiro atoms. The summed E-state index contributed by atoms with van der Waals surface area (Å²) >= 11 is 0. The average molecular weight is 249 g/mol. The monoisotopic (exact) mass is 249 g/mol. The van der Waals surface area contributed by atoms with E-state index in [2.05, 4.69) is 11.8 Å². The lowest BCUT2D eigenvalue weighted by Gasteiger charge is -2.37. The van der Waals surface area contributed by atoms with Crippen molar-refractivity contribution in [2.24, 2.45) is 11.7 Å². The maximum absolute atomic E-state index is 10.9. The van der Waals surface area contributed by atoms with E-state index >= 15 is 0 Å². The zero-order valence-electron chi connectivity index (χ0n) is 10.8. The zero-order valence-corrected chi connectivity index (χ0v) is 10.8. The number of nitrogens with two attached hydrogens (primary N) is 1. The molecule has 1 aromatic carbocycles. The fourth-order valence-electron chi connectivity index (χ4n) is 2.53. The van der Waals surface area contributed by atoms with Crippen LogP contribution in [0.1, 0.15) is 18.9 Å². The Morgan fingerprint density at radius 1 is 1.50 bits per heavy atom. The molecule has 5 nitrogen and oxygen atoms in total. The SMILES string of the molecule is Cc1c(N2CCC(N)C(C)C2)cccc1[N+](=O)[O-]. The van der Waals surface area contributed by atoms with Gasteiger partial charge in [0.25, 0.3) is 5.69 Å². The van der Waals surface area contributed by atoms with Crippen molar-refractivity contribution in [2.75, 3.05) is 18.0 Å². The summed E-state index contributed by atoms with van der Waals surface area (Å²) in [5.74, 6) is 0.414. The summed E-state index contributed by atoms with van der Waals surface area (Å²) in [6.45, 7) is 5.67. The van der Waals surface area contributed by atoms with Gasteiger partial charge in [0.15, 0.2) is 0 Å². The molecule has 1 fully saturated rings. The minimum Gasteiger partial charge on any atom is -0.371 e. The van der Waals surface area contributed by atoms with Crippen molar-refractivity contribution >= 4 is 11.4 Å². The molecule has 0 radical (unpaired) electrons. The normalized spacial score (nSPS) is 24.1. The number of benzene rings is 1. The molecule has 0 saturated carbocycles. The Balaban J connectivity index is 2.29. The predicted octanol–water partition coefficient (Wildman–Crippen LogP) is 2.08. The van der Waals surface area contributed by atoms with Gasteiger partial charge in [0.2, 0.25) is 0 Å². The molecule has 1 aliphatic rings. The largest absolute Gasteiger partial charge is 0.371 e. The van der Waals surface area contributed by atoms with E-state index in [-0.39, 0.29) is 16.7 Å². The lowest BCUT2D eigenvalue weighted by atomic mass is 9.94. The molecule has 18 heavy (non-hydrogen) atoms. The van der Waals surface area contributed by atoms with Crippen LogP contribution in [0.15, 0.2) is 18.2 Å². The van der Waals surface area contributed by atoms with Crippen LogP contribution in [-0.4, -0.2) is 24.1 Å². The Morgan fingerprint density at radius 2 is 2.22 bits per heavy atom. The zero-order chi connectivity index (χ0) is 13.3. The van der Waals surface area contributed by atoms with Crippen LogP contribution in [0.3, 0.4) is 0 Å². The van der Waals surface area contributed by atoms with E-state index in [1.165, 1.54) is 0 Å². The van der Waals surface area contributed by atoms with Crippen LogP contribution in [0.25, 0.3) is 0 Å². The molecule has 2 atom stereocenters. The Hall–Kier alpha value is -1.62. The molecule has 5 heteroatoms. The Labute approximate surface area is 107 Å². The maximum atomic E-state index is 10.9. The number of rotatable bonds is 2. The number of hydrogen-bond acceptors (Lipinski definition) is 4. The molecule has 98 valence electrons. The van der Waals surface area contributed by atoms with Crippen molar-refractivity contribution in [2.45, 2.75) is 26.3 Å². The third-order valence-electron chi connectivity index (χ3n) is 3.79. The molecule has 0 aromatic heterocycles. The number of anilines is 1. The summed E-state index contributed by atoms with van der Waals surface area (Å²) in [5.41, 5.74) is 7.89. The molecule has 2 unspecified atom stereocenters. The summed E-state index contributed by atoms with van der Waals surface area (Å²) < 4.78 is 0. The standard InChI is InChI=1S/C13H19N3O2/c1-9-8-15(7-6-11(9)14)12-4-3-5-13(10(12)2)16(17)18/h3-5,9,11H,6-8,14H2,1-2H3. The van der Waals surface area contributed by atoms with E-state index in [0.717, 1.165) is 30.8 Å². The van der Waals surface area contributed by atoms with E-state index in [1.807, 2.05) is 13.0 Å². The maximum Gasteiger partial charge on any atom is 0.274 e. The number of nitrogens with zero attached hydrogens (tertiary/aromatic N) is 2. The van der Waals surface area contributed by atoms with Crippen molar-refractivity contribution in [1.29, 1.82) is 0 Å². The molecule has 2 N–H and O–H groups in total. The van der Waals surface area contributed by atoms with Crippen LogP contribution in [-0.2, 0) is 0 Å². The number of hydrogen-bond donors (Lipinski definition) is 1. The third-order valence-corrected chi connectivity index (χ3v) is 3.79. The number of piperidine rings is 1. The second-order valence-electron chi connectivity index (χ2n) is 5.05. The van der Waals surface area contributed by atoms with E-state index in [0.29, 0.717) is 5.92 Å². The van der Waals surface area contributed by atoms with Gasteiger partial charge in [-0.1, -0.05) is 13.0 Å². The van der Waals surface area contributed by atoms with Gasteiger partial charge in [-0.15, -0.1) is 0 Å².